The van der Waals surface area contributed by atoms with Gasteiger partial charge in [-0.3, -0.25) is 4.79 Å². The van der Waals surface area contributed by atoms with Crippen molar-refractivity contribution in [2.75, 3.05) is 18.4 Å². The molecule has 126 valence electrons. The van der Waals surface area contributed by atoms with E-state index < -0.39 is 11.7 Å². The van der Waals surface area contributed by atoms with Crippen LogP contribution < -0.4 is 5.32 Å². The zero-order valence-corrected chi connectivity index (χ0v) is 13.7. The minimum Gasteiger partial charge on any atom is -0.504 e. The molecule has 2 N–H and O–H groups in total. The van der Waals surface area contributed by atoms with Crippen LogP contribution in [0.15, 0.2) is 18.3 Å². The van der Waals surface area contributed by atoms with E-state index in [-0.39, 0.29) is 23.4 Å². The molecular formula is C16H23N3O4. The van der Waals surface area contributed by atoms with Crippen molar-refractivity contribution < 1.29 is 19.4 Å². The number of rotatable bonds is 2. The number of amides is 2. The number of hydrogen-bond donors (Lipinski definition) is 2. The van der Waals surface area contributed by atoms with Gasteiger partial charge in [-0.1, -0.05) is 0 Å². The third kappa shape index (κ3) is 4.84. The molecule has 0 radical (unpaired) electrons. The summed E-state index contributed by atoms with van der Waals surface area (Å²) in [4.78, 5) is 29.9. The number of hydrogen-bond acceptors (Lipinski definition) is 5. The third-order valence-corrected chi connectivity index (χ3v) is 3.47. The standard InChI is InChI=1S/C16H23N3O4/c1-16(2,3)23-15(22)19-9-5-6-11(10-19)14(21)18-13-12(20)7-4-8-17-13/h4,7-8,11,20H,5-6,9-10H2,1-3H3,(H,17,18,21)/t11-/m0/s1. The molecule has 7 nitrogen and oxygen atoms in total. The van der Waals surface area contributed by atoms with Crippen molar-refractivity contribution in [3.05, 3.63) is 18.3 Å². The zero-order valence-electron chi connectivity index (χ0n) is 13.7. The number of nitrogens with zero attached hydrogens (tertiary/aromatic N) is 2. The van der Waals surface area contributed by atoms with Crippen LogP contribution in [0.3, 0.4) is 0 Å². The highest BCUT2D eigenvalue weighted by Gasteiger charge is 2.31. The Balaban J connectivity index is 1.96. The van der Waals surface area contributed by atoms with Crippen molar-refractivity contribution in [2.24, 2.45) is 5.92 Å². The molecule has 2 amide bonds. The summed E-state index contributed by atoms with van der Waals surface area (Å²) in [6.07, 6.45) is 2.49. The maximum absolute atomic E-state index is 12.3. The Morgan fingerprint density at radius 3 is 2.83 bits per heavy atom. The number of carbonyl (C=O) groups excluding carboxylic acids is 2. The highest BCUT2D eigenvalue weighted by atomic mass is 16.6. The molecule has 1 fully saturated rings. The number of aromatic hydroxyl groups is 1. The Bertz CT molecular complexity index is 583. The van der Waals surface area contributed by atoms with Crippen molar-refractivity contribution in [3.8, 4) is 5.75 Å². The molecule has 0 bridgehead atoms. The zero-order chi connectivity index (χ0) is 17.0. The van der Waals surface area contributed by atoms with Crippen LogP contribution in [0.1, 0.15) is 33.6 Å². The smallest absolute Gasteiger partial charge is 0.410 e. The lowest BCUT2D eigenvalue weighted by atomic mass is 9.97. The Kier molecular flexibility index (Phi) is 5.08. The molecule has 1 saturated heterocycles. The van der Waals surface area contributed by atoms with Crippen LogP contribution in [0.2, 0.25) is 0 Å². The summed E-state index contributed by atoms with van der Waals surface area (Å²) in [7, 11) is 0. The van der Waals surface area contributed by atoms with Gasteiger partial charge in [0.1, 0.15) is 5.60 Å². The summed E-state index contributed by atoms with van der Waals surface area (Å²) in [5.41, 5.74) is -0.563. The van der Waals surface area contributed by atoms with Gasteiger partial charge in [0.15, 0.2) is 11.6 Å². The van der Waals surface area contributed by atoms with Crippen molar-refractivity contribution in [1.29, 1.82) is 0 Å². The number of aromatic nitrogens is 1. The molecule has 2 rings (SSSR count). The molecule has 1 aliphatic rings. The lowest BCUT2D eigenvalue weighted by Crippen LogP contribution is -2.45. The predicted molar refractivity (Wildman–Crippen MR) is 85.1 cm³/mol. The number of piperidine rings is 1. The first-order valence-electron chi connectivity index (χ1n) is 7.69. The Morgan fingerprint density at radius 2 is 2.17 bits per heavy atom. The summed E-state index contributed by atoms with van der Waals surface area (Å²) in [5.74, 6) is -0.558. The molecule has 2 heterocycles. The number of nitrogens with one attached hydrogen (secondary N) is 1. The molecule has 1 aromatic heterocycles. The van der Waals surface area contributed by atoms with Gasteiger partial charge in [0, 0.05) is 19.3 Å². The van der Waals surface area contributed by atoms with E-state index in [1.54, 1.807) is 11.0 Å². The van der Waals surface area contributed by atoms with E-state index in [0.717, 1.165) is 6.42 Å². The first-order chi connectivity index (χ1) is 10.8. The van der Waals surface area contributed by atoms with E-state index in [4.69, 9.17) is 4.74 Å². The van der Waals surface area contributed by atoms with Crippen molar-refractivity contribution >= 4 is 17.8 Å². The summed E-state index contributed by atoms with van der Waals surface area (Å²) in [6.45, 7) is 6.30. The molecule has 0 aliphatic carbocycles. The van der Waals surface area contributed by atoms with Crippen molar-refractivity contribution in [2.45, 2.75) is 39.2 Å². The summed E-state index contributed by atoms with van der Waals surface area (Å²) < 4.78 is 5.35. The van der Waals surface area contributed by atoms with E-state index in [9.17, 15) is 14.7 Å². The summed E-state index contributed by atoms with van der Waals surface area (Å²) >= 11 is 0. The molecule has 1 aliphatic heterocycles. The number of ether oxygens (including phenoxy) is 1. The normalized spacial score (nSPS) is 18.4. The molecule has 1 aromatic rings. The maximum atomic E-state index is 12.3. The average Bonchev–Trinajstić information content (AvgIpc) is 2.48. The van der Waals surface area contributed by atoms with Crippen molar-refractivity contribution in [3.63, 3.8) is 0 Å². The number of pyridine rings is 1. The van der Waals surface area contributed by atoms with Crippen molar-refractivity contribution in [1.82, 2.24) is 9.88 Å². The van der Waals surface area contributed by atoms with E-state index in [0.29, 0.717) is 19.5 Å². The fraction of sp³-hybridized carbons (Fsp3) is 0.562. The quantitative estimate of drug-likeness (QED) is 0.872. The van der Waals surface area contributed by atoms with E-state index in [1.165, 1.54) is 12.3 Å². The van der Waals surface area contributed by atoms with Crippen LogP contribution in [-0.4, -0.2) is 45.7 Å². The van der Waals surface area contributed by atoms with Crippen LogP contribution in [-0.2, 0) is 9.53 Å². The minimum atomic E-state index is -0.563. The van der Waals surface area contributed by atoms with E-state index in [2.05, 4.69) is 10.3 Å². The van der Waals surface area contributed by atoms with Gasteiger partial charge in [-0.15, -0.1) is 0 Å². The topological polar surface area (TPSA) is 91.8 Å². The van der Waals surface area contributed by atoms with Gasteiger partial charge in [0.05, 0.1) is 5.92 Å². The Labute approximate surface area is 135 Å². The minimum absolute atomic E-state index is 0.0827. The molecular weight excluding hydrogens is 298 g/mol. The number of anilines is 1. The summed E-state index contributed by atoms with van der Waals surface area (Å²) in [5, 5.41) is 12.3. The third-order valence-electron chi connectivity index (χ3n) is 3.47. The molecule has 0 aromatic carbocycles. The average molecular weight is 321 g/mol. The van der Waals surface area contributed by atoms with E-state index in [1.807, 2.05) is 20.8 Å². The van der Waals surface area contributed by atoms with Gasteiger partial charge < -0.3 is 20.1 Å². The van der Waals surface area contributed by atoms with Crippen LogP contribution in [0.25, 0.3) is 0 Å². The van der Waals surface area contributed by atoms with Gasteiger partial charge in [-0.05, 0) is 45.7 Å². The molecule has 0 saturated carbocycles. The monoisotopic (exact) mass is 321 g/mol. The van der Waals surface area contributed by atoms with Gasteiger partial charge in [0.2, 0.25) is 5.91 Å². The fourth-order valence-electron chi connectivity index (χ4n) is 2.40. The lowest BCUT2D eigenvalue weighted by molar-refractivity contribution is -0.121. The van der Waals surface area contributed by atoms with Crippen LogP contribution in [0.5, 0.6) is 5.75 Å². The van der Waals surface area contributed by atoms with Gasteiger partial charge >= 0.3 is 6.09 Å². The van der Waals surface area contributed by atoms with Gasteiger partial charge in [-0.25, -0.2) is 9.78 Å². The maximum Gasteiger partial charge on any atom is 0.410 e. The lowest BCUT2D eigenvalue weighted by Gasteiger charge is -2.33. The second-order valence-corrected chi connectivity index (χ2v) is 6.63. The second kappa shape index (κ2) is 6.85. The largest absolute Gasteiger partial charge is 0.504 e. The molecule has 0 unspecified atom stereocenters. The molecule has 7 heteroatoms. The number of carbonyl (C=O) groups is 2. The van der Waals surface area contributed by atoms with Crippen LogP contribution in [0, 0.1) is 5.92 Å². The molecule has 0 spiro atoms. The highest BCUT2D eigenvalue weighted by molar-refractivity contribution is 5.93. The Morgan fingerprint density at radius 1 is 1.43 bits per heavy atom. The highest BCUT2D eigenvalue weighted by Crippen LogP contribution is 2.23. The SMILES string of the molecule is CC(C)(C)OC(=O)N1CCC[C@H](C(=O)Nc2ncccc2O)C1. The Hall–Kier alpha value is -2.31. The first kappa shape index (κ1) is 17.1. The van der Waals surface area contributed by atoms with Crippen LogP contribution in [0.4, 0.5) is 10.6 Å². The first-order valence-corrected chi connectivity index (χ1v) is 7.69. The van der Waals surface area contributed by atoms with Gasteiger partial charge in [0.25, 0.3) is 0 Å². The fourth-order valence-corrected chi connectivity index (χ4v) is 2.40. The molecule has 23 heavy (non-hydrogen) atoms. The summed E-state index contributed by atoms with van der Waals surface area (Å²) in [6, 6.07) is 3.03. The van der Waals surface area contributed by atoms with Gasteiger partial charge in [-0.2, -0.15) is 0 Å². The number of likely N-dealkylation sites (tertiary alicyclic amines) is 1. The van der Waals surface area contributed by atoms with E-state index >= 15 is 0 Å². The predicted octanol–water partition coefficient (Wildman–Crippen LogP) is 2.37. The van der Waals surface area contributed by atoms with Crippen LogP contribution >= 0.6 is 0 Å². The second-order valence-electron chi connectivity index (χ2n) is 6.63. The molecule has 1 atom stereocenters.